The lowest BCUT2D eigenvalue weighted by molar-refractivity contribution is 0.0946. The van der Waals surface area contributed by atoms with Crippen molar-refractivity contribution in [3.05, 3.63) is 89.1 Å². The number of nitrogens with one attached hydrogen (secondary N) is 4. The van der Waals surface area contributed by atoms with Gasteiger partial charge in [-0.3, -0.25) is 9.52 Å². The van der Waals surface area contributed by atoms with E-state index >= 15 is 0 Å². The van der Waals surface area contributed by atoms with E-state index < -0.39 is 16.1 Å². The summed E-state index contributed by atoms with van der Waals surface area (Å²) in [6.07, 6.45) is 0.759. The number of aromatic amines is 1. The smallest absolute Gasteiger partial charge is 0.267 e. The number of phenols is 1. The van der Waals surface area contributed by atoms with E-state index in [1.807, 2.05) is 55.5 Å². The Labute approximate surface area is 233 Å². The maximum Gasteiger partial charge on any atom is 0.267 e. The van der Waals surface area contributed by atoms with Crippen molar-refractivity contribution in [2.75, 3.05) is 24.6 Å². The maximum atomic E-state index is 12.8. The number of rotatable bonds is 12. The molecule has 0 aliphatic carbocycles. The second kappa shape index (κ2) is 12.4. The van der Waals surface area contributed by atoms with Crippen LogP contribution >= 0.6 is 0 Å². The number of carbonyl (C=O) groups is 1. The topological polar surface area (TPSA) is 153 Å². The number of hydrogen-bond acceptors (Lipinski definition) is 7. The summed E-state index contributed by atoms with van der Waals surface area (Å²) in [7, 11) is -1.98. The number of carbonyl (C=O) groups excluding carboxylic acids is 1. The molecule has 0 radical (unpaired) electrons. The van der Waals surface area contributed by atoms with Crippen LogP contribution in [0, 0.1) is 0 Å². The molecule has 0 aliphatic rings. The zero-order valence-electron chi connectivity index (χ0n) is 22.6. The SMILES string of the molecule is COc1ccccc1CNC(=O)c1cc2cc(C[C@@H](C)NC[C@H](O)c3ccc(O)c(NS(C)(=O)=O)c3)ccc2[nH]1. The number of aromatic nitrogens is 1. The average Bonchev–Trinajstić information content (AvgIpc) is 3.34. The molecule has 0 unspecified atom stereocenters. The number of phenolic OH excluding ortho intramolecular Hbond substituents is 1. The Bertz CT molecular complexity index is 1600. The molecule has 212 valence electrons. The van der Waals surface area contributed by atoms with Gasteiger partial charge in [-0.2, -0.15) is 0 Å². The van der Waals surface area contributed by atoms with Gasteiger partial charge in [0, 0.05) is 35.6 Å². The van der Waals surface area contributed by atoms with E-state index in [4.69, 9.17) is 4.74 Å². The van der Waals surface area contributed by atoms with E-state index in [2.05, 4.69) is 20.3 Å². The first-order valence-electron chi connectivity index (χ1n) is 12.8. The molecular formula is C29H34N4O6S. The number of H-pyrrole nitrogens is 1. The molecule has 0 saturated heterocycles. The van der Waals surface area contributed by atoms with Crippen molar-refractivity contribution in [3.63, 3.8) is 0 Å². The molecule has 0 saturated carbocycles. The van der Waals surface area contributed by atoms with E-state index in [9.17, 15) is 23.4 Å². The summed E-state index contributed by atoms with van der Waals surface area (Å²) in [6, 6.07) is 19.6. The van der Waals surface area contributed by atoms with Crippen molar-refractivity contribution < 1.29 is 28.2 Å². The summed E-state index contributed by atoms with van der Waals surface area (Å²) < 4.78 is 30.6. The van der Waals surface area contributed by atoms with E-state index in [0.717, 1.165) is 34.0 Å². The molecule has 0 bridgehead atoms. The predicted molar refractivity (Wildman–Crippen MR) is 155 cm³/mol. The summed E-state index contributed by atoms with van der Waals surface area (Å²) in [5.41, 5.74) is 3.75. The number of para-hydroxylation sites is 1. The molecule has 0 aliphatic heterocycles. The van der Waals surface area contributed by atoms with Crippen LogP contribution < -0.4 is 20.1 Å². The third kappa shape index (κ3) is 7.53. The predicted octanol–water partition coefficient (Wildman–Crippen LogP) is 3.44. The summed E-state index contributed by atoms with van der Waals surface area (Å²) in [4.78, 5) is 15.9. The Morgan fingerprint density at radius 2 is 1.85 bits per heavy atom. The fourth-order valence-electron chi connectivity index (χ4n) is 4.45. The second-order valence-corrected chi connectivity index (χ2v) is 11.5. The highest BCUT2D eigenvalue weighted by molar-refractivity contribution is 7.92. The third-order valence-corrected chi connectivity index (χ3v) is 7.05. The van der Waals surface area contributed by atoms with Gasteiger partial charge in [-0.15, -0.1) is 0 Å². The Morgan fingerprint density at radius 3 is 2.60 bits per heavy atom. The number of methoxy groups -OCH3 is 1. The number of aliphatic hydroxyl groups excluding tert-OH is 1. The highest BCUT2D eigenvalue weighted by atomic mass is 32.2. The minimum Gasteiger partial charge on any atom is -0.506 e. The number of aromatic hydroxyl groups is 1. The first-order chi connectivity index (χ1) is 19.0. The summed E-state index contributed by atoms with van der Waals surface area (Å²) >= 11 is 0. The normalized spacial score (nSPS) is 13.1. The van der Waals surface area contributed by atoms with Gasteiger partial charge in [0.05, 0.1) is 25.2 Å². The van der Waals surface area contributed by atoms with Gasteiger partial charge in [0.1, 0.15) is 17.2 Å². The van der Waals surface area contributed by atoms with Gasteiger partial charge in [0.2, 0.25) is 10.0 Å². The highest BCUT2D eigenvalue weighted by Crippen LogP contribution is 2.28. The quantitative estimate of drug-likeness (QED) is 0.144. The van der Waals surface area contributed by atoms with E-state index in [0.29, 0.717) is 24.2 Å². The first-order valence-corrected chi connectivity index (χ1v) is 14.7. The highest BCUT2D eigenvalue weighted by Gasteiger charge is 2.15. The van der Waals surface area contributed by atoms with Crippen LogP contribution in [0.4, 0.5) is 5.69 Å². The largest absolute Gasteiger partial charge is 0.506 e. The summed E-state index contributed by atoms with van der Waals surface area (Å²) in [5, 5.41) is 27.7. The molecule has 1 heterocycles. The van der Waals surface area contributed by atoms with Gasteiger partial charge >= 0.3 is 0 Å². The van der Waals surface area contributed by atoms with Crippen LogP contribution in [0.25, 0.3) is 10.9 Å². The number of hydrogen-bond donors (Lipinski definition) is 6. The number of ether oxygens (including phenoxy) is 1. The molecule has 0 fully saturated rings. The van der Waals surface area contributed by atoms with Gasteiger partial charge in [-0.05, 0) is 60.9 Å². The minimum atomic E-state index is -3.58. The monoisotopic (exact) mass is 566 g/mol. The van der Waals surface area contributed by atoms with Crippen LogP contribution in [0.2, 0.25) is 0 Å². The molecule has 1 aromatic heterocycles. The van der Waals surface area contributed by atoms with Crippen molar-refractivity contribution in [1.82, 2.24) is 15.6 Å². The Morgan fingerprint density at radius 1 is 1.07 bits per heavy atom. The van der Waals surface area contributed by atoms with Crippen molar-refractivity contribution in [2.45, 2.75) is 32.0 Å². The minimum absolute atomic E-state index is 0.0137. The average molecular weight is 567 g/mol. The zero-order valence-corrected chi connectivity index (χ0v) is 23.4. The maximum absolute atomic E-state index is 12.8. The van der Waals surface area contributed by atoms with Crippen LogP contribution in [0.5, 0.6) is 11.5 Å². The number of sulfonamides is 1. The number of benzene rings is 3. The lowest BCUT2D eigenvalue weighted by atomic mass is 10.0. The van der Waals surface area contributed by atoms with Crippen LogP contribution in [0.15, 0.2) is 66.7 Å². The zero-order chi connectivity index (χ0) is 28.9. The Balaban J connectivity index is 1.34. The molecule has 10 nitrogen and oxygen atoms in total. The second-order valence-electron chi connectivity index (χ2n) is 9.78. The van der Waals surface area contributed by atoms with Crippen LogP contribution in [-0.4, -0.2) is 55.5 Å². The van der Waals surface area contributed by atoms with Crippen molar-refractivity contribution in [2.24, 2.45) is 0 Å². The molecule has 3 aromatic carbocycles. The van der Waals surface area contributed by atoms with Crippen LogP contribution in [0.3, 0.4) is 0 Å². The molecule has 0 spiro atoms. The molecule has 4 rings (SSSR count). The van der Waals surface area contributed by atoms with Gasteiger partial charge in [-0.25, -0.2) is 8.42 Å². The lowest BCUT2D eigenvalue weighted by Crippen LogP contribution is -2.32. The van der Waals surface area contributed by atoms with E-state index in [1.54, 1.807) is 13.2 Å². The van der Waals surface area contributed by atoms with Gasteiger partial charge in [0.25, 0.3) is 5.91 Å². The standard InChI is InChI=1S/C29H34N4O6S/c1-18(30-17-27(35)20-9-11-26(34)24(14-20)33-40(3,37)38)12-19-8-10-23-22(13-19)15-25(32-23)29(36)31-16-21-6-4-5-7-28(21)39-2/h4-11,13-15,18,27,30,32-35H,12,16-17H2,1-3H3,(H,31,36)/t18-,27+/m1/s1. The summed E-state index contributed by atoms with van der Waals surface area (Å²) in [5.74, 6) is 0.285. The van der Waals surface area contributed by atoms with Crippen molar-refractivity contribution in [3.8, 4) is 11.5 Å². The van der Waals surface area contributed by atoms with Gasteiger partial charge in [-0.1, -0.05) is 30.3 Å². The first kappa shape index (κ1) is 28.9. The van der Waals surface area contributed by atoms with Crippen molar-refractivity contribution in [1.29, 1.82) is 0 Å². The summed E-state index contributed by atoms with van der Waals surface area (Å²) in [6.45, 7) is 2.57. The number of amides is 1. The molecule has 40 heavy (non-hydrogen) atoms. The molecule has 11 heteroatoms. The molecular weight excluding hydrogens is 532 g/mol. The molecule has 4 aromatic rings. The molecule has 6 N–H and O–H groups in total. The fraction of sp³-hybridized carbons (Fsp3) is 0.276. The van der Waals surface area contributed by atoms with Crippen LogP contribution in [0.1, 0.15) is 40.2 Å². The Hall–Kier alpha value is -4.06. The number of fused-ring (bicyclic) bond motifs is 1. The van der Waals surface area contributed by atoms with E-state index in [-0.39, 0.29) is 29.9 Å². The van der Waals surface area contributed by atoms with E-state index in [1.165, 1.54) is 12.1 Å². The third-order valence-electron chi connectivity index (χ3n) is 6.46. The van der Waals surface area contributed by atoms with Crippen LogP contribution in [-0.2, 0) is 23.0 Å². The number of anilines is 1. The van der Waals surface area contributed by atoms with Gasteiger partial charge in [0.15, 0.2) is 0 Å². The lowest BCUT2D eigenvalue weighted by Gasteiger charge is -2.18. The van der Waals surface area contributed by atoms with Gasteiger partial charge < -0.3 is 30.6 Å². The fourth-order valence-corrected chi connectivity index (χ4v) is 5.01. The number of aliphatic hydroxyl groups is 1. The van der Waals surface area contributed by atoms with Crippen molar-refractivity contribution >= 4 is 32.5 Å². The Kier molecular flexibility index (Phi) is 8.98. The molecule has 2 atom stereocenters. The molecule has 1 amide bonds.